The van der Waals surface area contributed by atoms with Crippen LogP contribution in [0, 0.1) is 0 Å². The summed E-state index contributed by atoms with van der Waals surface area (Å²) in [5, 5.41) is 7.51. The predicted octanol–water partition coefficient (Wildman–Crippen LogP) is 3.37. The van der Waals surface area contributed by atoms with Gasteiger partial charge in [0.2, 0.25) is 5.91 Å². The van der Waals surface area contributed by atoms with Gasteiger partial charge in [0.15, 0.2) is 5.76 Å². The average molecular weight is 279 g/mol. The molecule has 0 radical (unpaired) electrons. The second-order valence-electron chi connectivity index (χ2n) is 4.89. The molecule has 2 rings (SSSR count). The molecule has 1 N–H and O–H groups in total. The fourth-order valence-corrected chi connectivity index (χ4v) is 1.95. The highest BCUT2D eigenvalue weighted by Gasteiger charge is 2.26. The van der Waals surface area contributed by atoms with Crippen LogP contribution in [0.2, 0.25) is 5.02 Å². The lowest BCUT2D eigenvalue weighted by Gasteiger charge is -2.21. The highest BCUT2D eigenvalue weighted by atomic mass is 35.5. The zero-order valence-electron chi connectivity index (χ0n) is 11.0. The summed E-state index contributed by atoms with van der Waals surface area (Å²) >= 11 is 5.84. The van der Waals surface area contributed by atoms with Crippen molar-refractivity contribution in [2.24, 2.45) is 0 Å². The van der Waals surface area contributed by atoms with Gasteiger partial charge in [-0.2, -0.15) is 0 Å². The number of nitrogens with zero attached hydrogens (tertiary/aromatic N) is 1. The van der Waals surface area contributed by atoms with Crippen molar-refractivity contribution < 1.29 is 9.32 Å². The number of amides is 1. The van der Waals surface area contributed by atoms with Gasteiger partial charge < -0.3 is 9.84 Å². The first kappa shape index (κ1) is 13.6. The Morgan fingerprint density at radius 1 is 1.32 bits per heavy atom. The van der Waals surface area contributed by atoms with E-state index in [9.17, 15) is 4.79 Å². The zero-order chi connectivity index (χ0) is 14.0. The van der Waals surface area contributed by atoms with Gasteiger partial charge >= 0.3 is 0 Å². The lowest BCUT2D eigenvalue weighted by atomic mass is 10.0. The van der Waals surface area contributed by atoms with Gasteiger partial charge in [-0.25, -0.2) is 0 Å². The molecule has 19 heavy (non-hydrogen) atoms. The SMILES string of the molecule is CC(=O)NC(C)(C)c1cc(-c2ccc(Cl)cc2)no1. The molecule has 100 valence electrons. The first-order valence-corrected chi connectivity index (χ1v) is 6.28. The third kappa shape index (κ3) is 3.15. The minimum atomic E-state index is -0.594. The van der Waals surface area contributed by atoms with E-state index in [4.69, 9.17) is 16.1 Å². The number of aromatic nitrogens is 1. The maximum absolute atomic E-state index is 11.2. The second-order valence-corrected chi connectivity index (χ2v) is 5.33. The minimum Gasteiger partial charge on any atom is -0.358 e. The van der Waals surface area contributed by atoms with Crippen molar-refractivity contribution in [3.8, 4) is 11.3 Å². The van der Waals surface area contributed by atoms with Gasteiger partial charge in [-0.3, -0.25) is 4.79 Å². The van der Waals surface area contributed by atoms with Gasteiger partial charge in [0.1, 0.15) is 5.69 Å². The highest BCUT2D eigenvalue weighted by Crippen LogP contribution is 2.26. The van der Waals surface area contributed by atoms with Crippen LogP contribution in [0.3, 0.4) is 0 Å². The first-order chi connectivity index (χ1) is 8.88. The Morgan fingerprint density at radius 3 is 2.53 bits per heavy atom. The van der Waals surface area contributed by atoms with E-state index in [1.807, 2.05) is 32.0 Å². The molecular formula is C14H15ClN2O2. The molecule has 0 aliphatic heterocycles. The van der Waals surface area contributed by atoms with Gasteiger partial charge in [-0.1, -0.05) is 28.9 Å². The van der Waals surface area contributed by atoms with Gasteiger partial charge in [-0.15, -0.1) is 0 Å². The van der Waals surface area contributed by atoms with Crippen molar-refractivity contribution in [1.82, 2.24) is 10.5 Å². The van der Waals surface area contributed by atoms with Crippen LogP contribution in [0.5, 0.6) is 0 Å². The van der Waals surface area contributed by atoms with Gasteiger partial charge in [0.25, 0.3) is 0 Å². The molecule has 5 heteroatoms. The van der Waals surface area contributed by atoms with Crippen LogP contribution in [-0.2, 0) is 10.3 Å². The molecule has 0 saturated heterocycles. The van der Waals surface area contributed by atoms with Gasteiger partial charge in [0, 0.05) is 23.6 Å². The van der Waals surface area contributed by atoms with Crippen molar-refractivity contribution in [1.29, 1.82) is 0 Å². The van der Waals surface area contributed by atoms with Crippen molar-refractivity contribution in [3.05, 3.63) is 41.1 Å². The largest absolute Gasteiger partial charge is 0.358 e. The van der Waals surface area contributed by atoms with E-state index in [1.54, 1.807) is 12.1 Å². The summed E-state index contributed by atoms with van der Waals surface area (Å²) in [4.78, 5) is 11.2. The number of hydrogen-bond donors (Lipinski definition) is 1. The Kier molecular flexibility index (Phi) is 3.62. The van der Waals surface area contributed by atoms with E-state index >= 15 is 0 Å². The molecule has 1 aromatic heterocycles. The normalized spacial score (nSPS) is 11.4. The molecule has 0 aliphatic rings. The summed E-state index contributed by atoms with van der Waals surface area (Å²) in [7, 11) is 0. The number of benzene rings is 1. The number of nitrogens with one attached hydrogen (secondary N) is 1. The van der Waals surface area contributed by atoms with Crippen molar-refractivity contribution >= 4 is 17.5 Å². The second kappa shape index (κ2) is 5.05. The summed E-state index contributed by atoms with van der Waals surface area (Å²) in [6, 6.07) is 9.15. The quantitative estimate of drug-likeness (QED) is 0.936. The molecule has 0 saturated carbocycles. The summed E-state index contributed by atoms with van der Waals surface area (Å²) in [5.41, 5.74) is 1.03. The van der Waals surface area contributed by atoms with Crippen LogP contribution in [0.25, 0.3) is 11.3 Å². The van der Waals surface area contributed by atoms with E-state index in [2.05, 4.69) is 10.5 Å². The van der Waals surface area contributed by atoms with Gasteiger partial charge in [-0.05, 0) is 26.0 Å². The molecule has 4 nitrogen and oxygen atoms in total. The number of hydrogen-bond acceptors (Lipinski definition) is 3. The molecule has 0 atom stereocenters. The topological polar surface area (TPSA) is 55.1 Å². The third-order valence-corrected chi connectivity index (χ3v) is 3.01. The van der Waals surface area contributed by atoms with Crippen LogP contribution in [0.4, 0.5) is 0 Å². The molecule has 0 spiro atoms. The lowest BCUT2D eigenvalue weighted by molar-refractivity contribution is -0.120. The van der Waals surface area contributed by atoms with Crippen LogP contribution in [0.1, 0.15) is 26.5 Å². The summed E-state index contributed by atoms with van der Waals surface area (Å²) in [6.45, 7) is 5.19. The first-order valence-electron chi connectivity index (χ1n) is 5.90. The molecule has 2 aromatic rings. The Hall–Kier alpha value is -1.81. The summed E-state index contributed by atoms with van der Waals surface area (Å²) < 4.78 is 5.32. The Morgan fingerprint density at radius 2 is 1.95 bits per heavy atom. The zero-order valence-corrected chi connectivity index (χ0v) is 11.8. The number of halogens is 1. The molecule has 1 amide bonds. The molecular weight excluding hydrogens is 264 g/mol. The van der Waals surface area contributed by atoms with E-state index < -0.39 is 5.54 Å². The smallest absolute Gasteiger partial charge is 0.217 e. The van der Waals surface area contributed by atoms with Crippen molar-refractivity contribution in [2.45, 2.75) is 26.3 Å². The average Bonchev–Trinajstić information content (AvgIpc) is 2.78. The Labute approximate surface area is 116 Å². The van der Waals surface area contributed by atoms with Crippen LogP contribution < -0.4 is 5.32 Å². The summed E-state index contributed by atoms with van der Waals surface area (Å²) in [6.07, 6.45) is 0. The van der Waals surface area contributed by atoms with Crippen LogP contribution in [-0.4, -0.2) is 11.1 Å². The number of carbonyl (C=O) groups excluding carboxylic acids is 1. The summed E-state index contributed by atoms with van der Waals surface area (Å²) in [5.74, 6) is 0.488. The molecule has 0 fully saturated rings. The third-order valence-electron chi connectivity index (χ3n) is 2.75. The molecule has 0 aliphatic carbocycles. The fraction of sp³-hybridized carbons (Fsp3) is 0.286. The maximum atomic E-state index is 11.2. The van der Waals surface area contributed by atoms with Crippen LogP contribution >= 0.6 is 11.6 Å². The van der Waals surface area contributed by atoms with E-state index in [0.717, 1.165) is 5.56 Å². The van der Waals surface area contributed by atoms with E-state index in [-0.39, 0.29) is 5.91 Å². The molecule has 1 aromatic carbocycles. The van der Waals surface area contributed by atoms with E-state index in [1.165, 1.54) is 6.92 Å². The Bertz CT molecular complexity index is 588. The Balaban J connectivity index is 2.28. The predicted molar refractivity (Wildman–Crippen MR) is 73.8 cm³/mol. The van der Waals surface area contributed by atoms with Crippen LogP contribution in [0.15, 0.2) is 34.9 Å². The number of carbonyl (C=O) groups is 1. The minimum absolute atomic E-state index is 0.116. The number of rotatable bonds is 3. The monoisotopic (exact) mass is 278 g/mol. The van der Waals surface area contributed by atoms with Gasteiger partial charge in [0.05, 0.1) is 5.54 Å². The van der Waals surface area contributed by atoms with Crippen molar-refractivity contribution in [3.63, 3.8) is 0 Å². The maximum Gasteiger partial charge on any atom is 0.217 e. The van der Waals surface area contributed by atoms with E-state index in [0.29, 0.717) is 16.5 Å². The fourth-order valence-electron chi connectivity index (χ4n) is 1.83. The molecule has 1 heterocycles. The molecule has 0 bridgehead atoms. The lowest BCUT2D eigenvalue weighted by Crippen LogP contribution is -2.39. The van der Waals surface area contributed by atoms with Crippen molar-refractivity contribution in [2.75, 3.05) is 0 Å². The molecule has 0 unspecified atom stereocenters. The highest BCUT2D eigenvalue weighted by molar-refractivity contribution is 6.30. The standard InChI is InChI=1S/C14H15ClN2O2/c1-9(18)16-14(2,3)13-8-12(17-19-13)10-4-6-11(15)7-5-10/h4-8H,1-3H3,(H,16,18).